The molecule has 1 heterocycles. The van der Waals surface area contributed by atoms with Crippen LogP contribution in [0.3, 0.4) is 0 Å². The summed E-state index contributed by atoms with van der Waals surface area (Å²) >= 11 is 13.4. The van der Waals surface area contributed by atoms with Crippen LogP contribution in [0, 0.1) is 5.92 Å². The predicted molar refractivity (Wildman–Crippen MR) is 138 cm³/mol. The number of carbonyl (C=O) groups excluding carboxylic acids is 2. The number of thioether (sulfide) groups is 1. The fourth-order valence-corrected chi connectivity index (χ4v) is 4.39. The van der Waals surface area contributed by atoms with Crippen molar-refractivity contribution >= 4 is 52.5 Å². The normalized spacial score (nSPS) is 11.8. The fourth-order valence-electron chi connectivity index (χ4n) is 3.22. The van der Waals surface area contributed by atoms with Gasteiger partial charge in [-0.25, -0.2) is 0 Å². The summed E-state index contributed by atoms with van der Waals surface area (Å²) in [4.78, 5) is 25.3. The second-order valence-electron chi connectivity index (χ2n) is 7.76. The zero-order valence-electron chi connectivity index (χ0n) is 18.8. The standard InChI is InChI=1S/C24H25Cl2N5O2S/c1-4-12-31-22(21(15(2)3)28-23(33)18-10-5-6-11-19(18)26)29-30-24(31)34-14-20(32)27-17-9-7-8-16(25)13-17/h4-11,13,15,21H,1,12,14H2,2-3H3,(H,27,32)(H,28,33)/t21-/m1/s1. The van der Waals surface area contributed by atoms with E-state index < -0.39 is 6.04 Å². The number of rotatable bonds is 10. The van der Waals surface area contributed by atoms with Crippen LogP contribution in [0.2, 0.25) is 10.0 Å². The van der Waals surface area contributed by atoms with Gasteiger partial charge in [0.1, 0.15) is 0 Å². The molecule has 0 spiro atoms. The lowest BCUT2D eigenvalue weighted by Gasteiger charge is -2.23. The fraction of sp³-hybridized carbons (Fsp3) is 0.250. The summed E-state index contributed by atoms with van der Waals surface area (Å²) in [6, 6.07) is 13.4. The average molecular weight is 518 g/mol. The van der Waals surface area contributed by atoms with Crippen molar-refractivity contribution in [3.8, 4) is 0 Å². The maximum atomic E-state index is 12.9. The zero-order valence-corrected chi connectivity index (χ0v) is 21.1. The Morgan fingerprint density at radius 2 is 1.91 bits per heavy atom. The Labute approximate surface area is 212 Å². The molecule has 0 fully saturated rings. The first kappa shape index (κ1) is 25.8. The van der Waals surface area contributed by atoms with E-state index in [1.54, 1.807) is 54.6 Å². The van der Waals surface area contributed by atoms with Gasteiger partial charge in [-0.1, -0.05) is 73.1 Å². The highest BCUT2D eigenvalue weighted by molar-refractivity contribution is 7.99. The van der Waals surface area contributed by atoms with Gasteiger partial charge in [0.15, 0.2) is 11.0 Å². The number of nitrogens with one attached hydrogen (secondary N) is 2. The molecule has 0 saturated heterocycles. The molecule has 1 aromatic heterocycles. The van der Waals surface area contributed by atoms with Crippen LogP contribution in [0.5, 0.6) is 0 Å². The average Bonchev–Trinajstić information content (AvgIpc) is 3.18. The van der Waals surface area contributed by atoms with Gasteiger partial charge in [0.05, 0.1) is 22.4 Å². The Morgan fingerprint density at radius 3 is 2.59 bits per heavy atom. The quantitative estimate of drug-likeness (QED) is 0.268. The van der Waals surface area contributed by atoms with Gasteiger partial charge < -0.3 is 15.2 Å². The van der Waals surface area contributed by atoms with Crippen LogP contribution in [0.4, 0.5) is 5.69 Å². The van der Waals surface area contributed by atoms with E-state index in [4.69, 9.17) is 23.2 Å². The topological polar surface area (TPSA) is 88.9 Å². The first-order chi connectivity index (χ1) is 16.3. The molecule has 7 nitrogen and oxygen atoms in total. The van der Waals surface area contributed by atoms with Crippen LogP contribution in [-0.4, -0.2) is 32.3 Å². The molecule has 1 atom stereocenters. The molecular formula is C24H25Cl2N5O2S. The van der Waals surface area contributed by atoms with Crippen molar-refractivity contribution < 1.29 is 9.59 Å². The molecule has 34 heavy (non-hydrogen) atoms. The van der Waals surface area contributed by atoms with Gasteiger partial charge in [0.25, 0.3) is 5.91 Å². The second kappa shape index (κ2) is 12.1. The van der Waals surface area contributed by atoms with Crippen molar-refractivity contribution in [2.45, 2.75) is 31.6 Å². The Hall–Kier alpha value is -2.81. The molecule has 10 heteroatoms. The van der Waals surface area contributed by atoms with Crippen molar-refractivity contribution in [2.24, 2.45) is 5.92 Å². The number of aromatic nitrogens is 3. The van der Waals surface area contributed by atoms with Gasteiger partial charge >= 0.3 is 0 Å². The third-order valence-corrected chi connectivity index (χ3v) is 6.38. The minimum Gasteiger partial charge on any atom is -0.342 e. The SMILES string of the molecule is C=CCn1c(SCC(=O)Nc2cccc(Cl)c2)nnc1[C@H](NC(=O)c1ccccc1Cl)C(C)C. The van der Waals surface area contributed by atoms with Crippen LogP contribution in [0.25, 0.3) is 0 Å². The van der Waals surface area contributed by atoms with Crippen molar-refractivity contribution in [3.63, 3.8) is 0 Å². The van der Waals surface area contributed by atoms with Gasteiger partial charge in [-0.3, -0.25) is 9.59 Å². The maximum absolute atomic E-state index is 12.9. The van der Waals surface area contributed by atoms with E-state index in [-0.39, 0.29) is 23.5 Å². The van der Waals surface area contributed by atoms with Crippen LogP contribution in [-0.2, 0) is 11.3 Å². The zero-order chi connectivity index (χ0) is 24.7. The highest BCUT2D eigenvalue weighted by Gasteiger charge is 2.27. The number of hydrogen-bond acceptors (Lipinski definition) is 5. The molecule has 0 radical (unpaired) electrons. The van der Waals surface area contributed by atoms with Crippen LogP contribution in [0.15, 0.2) is 66.3 Å². The number of amides is 2. The highest BCUT2D eigenvalue weighted by atomic mass is 35.5. The monoisotopic (exact) mass is 517 g/mol. The lowest BCUT2D eigenvalue weighted by molar-refractivity contribution is -0.113. The Morgan fingerprint density at radius 1 is 1.15 bits per heavy atom. The van der Waals surface area contributed by atoms with Crippen molar-refractivity contribution in [2.75, 3.05) is 11.1 Å². The first-order valence-electron chi connectivity index (χ1n) is 10.6. The van der Waals surface area contributed by atoms with Gasteiger partial charge in [-0.05, 0) is 36.2 Å². The van der Waals surface area contributed by atoms with Gasteiger partial charge in [-0.15, -0.1) is 16.8 Å². The molecule has 0 unspecified atom stereocenters. The lowest BCUT2D eigenvalue weighted by atomic mass is 10.0. The molecule has 178 valence electrons. The van der Waals surface area contributed by atoms with E-state index in [0.717, 1.165) is 0 Å². The number of carbonyl (C=O) groups is 2. The summed E-state index contributed by atoms with van der Waals surface area (Å²) in [5.74, 6) is 0.221. The second-order valence-corrected chi connectivity index (χ2v) is 9.55. The Kier molecular flexibility index (Phi) is 9.15. The van der Waals surface area contributed by atoms with E-state index >= 15 is 0 Å². The predicted octanol–water partition coefficient (Wildman–Crippen LogP) is 5.63. The molecule has 2 aromatic carbocycles. The largest absolute Gasteiger partial charge is 0.342 e. The van der Waals surface area contributed by atoms with E-state index in [0.29, 0.717) is 38.8 Å². The van der Waals surface area contributed by atoms with Crippen LogP contribution < -0.4 is 10.6 Å². The van der Waals surface area contributed by atoms with E-state index in [1.807, 2.05) is 18.4 Å². The molecule has 0 aliphatic heterocycles. The summed E-state index contributed by atoms with van der Waals surface area (Å²) in [7, 11) is 0. The molecule has 0 saturated carbocycles. The number of benzene rings is 2. The number of allylic oxidation sites excluding steroid dienone is 1. The maximum Gasteiger partial charge on any atom is 0.253 e. The third-order valence-electron chi connectivity index (χ3n) is 4.85. The number of nitrogens with zero attached hydrogens (tertiary/aromatic N) is 3. The van der Waals surface area contributed by atoms with E-state index in [1.165, 1.54) is 11.8 Å². The summed E-state index contributed by atoms with van der Waals surface area (Å²) in [5, 5.41) is 15.9. The molecule has 2 amide bonds. The Balaban J connectivity index is 1.76. The highest BCUT2D eigenvalue weighted by Crippen LogP contribution is 2.27. The molecule has 3 aromatic rings. The number of anilines is 1. The minimum absolute atomic E-state index is 0.0168. The lowest BCUT2D eigenvalue weighted by Crippen LogP contribution is -2.34. The first-order valence-corrected chi connectivity index (χ1v) is 12.3. The molecular weight excluding hydrogens is 493 g/mol. The number of hydrogen-bond donors (Lipinski definition) is 2. The van der Waals surface area contributed by atoms with Gasteiger partial charge in [-0.2, -0.15) is 0 Å². The van der Waals surface area contributed by atoms with Crippen molar-refractivity contribution in [3.05, 3.63) is 82.6 Å². The van der Waals surface area contributed by atoms with E-state index in [2.05, 4.69) is 27.4 Å². The summed E-state index contributed by atoms with van der Waals surface area (Å²) < 4.78 is 1.85. The Bertz CT molecular complexity index is 1180. The minimum atomic E-state index is -0.425. The number of halogens is 2. The molecule has 0 aliphatic rings. The van der Waals surface area contributed by atoms with Crippen LogP contribution in [0.1, 0.15) is 36.1 Å². The molecule has 2 N–H and O–H groups in total. The van der Waals surface area contributed by atoms with E-state index in [9.17, 15) is 9.59 Å². The molecule has 0 bridgehead atoms. The summed E-state index contributed by atoms with van der Waals surface area (Å²) in [5.41, 5.74) is 1.00. The smallest absolute Gasteiger partial charge is 0.253 e. The molecule has 0 aliphatic carbocycles. The summed E-state index contributed by atoms with van der Waals surface area (Å²) in [6.45, 7) is 8.21. The third kappa shape index (κ3) is 6.62. The van der Waals surface area contributed by atoms with Crippen molar-refractivity contribution in [1.82, 2.24) is 20.1 Å². The summed E-state index contributed by atoms with van der Waals surface area (Å²) in [6.07, 6.45) is 1.72. The van der Waals surface area contributed by atoms with Crippen LogP contribution >= 0.6 is 35.0 Å². The van der Waals surface area contributed by atoms with Crippen molar-refractivity contribution in [1.29, 1.82) is 0 Å². The van der Waals surface area contributed by atoms with Gasteiger partial charge in [0.2, 0.25) is 5.91 Å². The van der Waals surface area contributed by atoms with Gasteiger partial charge in [0, 0.05) is 17.3 Å². The molecule has 3 rings (SSSR count).